The van der Waals surface area contributed by atoms with Gasteiger partial charge in [0.05, 0.1) is 13.0 Å². The fraction of sp³-hybridized carbons (Fsp3) is 0.875. The van der Waals surface area contributed by atoms with Crippen LogP contribution in [0.15, 0.2) is 0 Å². The van der Waals surface area contributed by atoms with Crippen molar-refractivity contribution in [2.24, 2.45) is 5.92 Å². The van der Waals surface area contributed by atoms with Crippen LogP contribution in [-0.2, 0) is 9.53 Å². The van der Waals surface area contributed by atoms with Crippen molar-refractivity contribution >= 4 is 5.97 Å². The van der Waals surface area contributed by atoms with E-state index in [0.717, 1.165) is 0 Å². The van der Waals surface area contributed by atoms with E-state index in [4.69, 9.17) is 9.84 Å². The van der Waals surface area contributed by atoms with Crippen molar-refractivity contribution in [3.63, 3.8) is 0 Å². The number of carboxylic acid groups (broad SMARTS) is 1. The molecule has 0 aliphatic rings. The highest BCUT2D eigenvalue weighted by molar-refractivity contribution is 5.67. The molecular formula is C8H16O4. The quantitative estimate of drug-likeness (QED) is 0.609. The molecule has 2 N–H and O–H groups in total. The van der Waals surface area contributed by atoms with E-state index < -0.39 is 11.8 Å². The van der Waals surface area contributed by atoms with Crippen LogP contribution in [0.1, 0.15) is 27.2 Å². The van der Waals surface area contributed by atoms with Gasteiger partial charge >= 0.3 is 5.97 Å². The normalized spacial score (nSPS) is 16.1. The van der Waals surface area contributed by atoms with Crippen molar-refractivity contribution in [1.82, 2.24) is 0 Å². The van der Waals surface area contributed by atoms with E-state index in [2.05, 4.69) is 0 Å². The molecule has 4 heteroatoms. The minimum Gasteiger partial charge on any atom is -0.481 e. The molecule has 0 aromatic heterocycles. The van der Waals surface area contributed by atoms with Crippen LogP contribution in [0.3, 0.4) is 0 Å². The average Bonchev–Trinajstić information content (AvgIpc) is 1.81. The Kier molecular flexibility index (Phi) is 4.20. The van der Waals surface area contributed by atoms with Crippen molar-refractivity contribution in [1.29, 1.82) is 0 Å². The number of ether oxygens (including phenoxy) is 1. The lowest BCUT2D eigenvalue weighted by Crippen LogP contribution is -2.32. The van der Waals surface area contributed by atoms with Gasteiger partial charge in [0, 0.05) is 0 Å². The molecule has 1 atom stereocenters. The molecule has 1 unspecified atom stereocenters. The van der Waals surface area contributed by atoms with Crippen molar-refractivity contribution in [2.75, 3.05) is 6.61 Å². The zero-order chi connectivity index (χ0) is 9.78. The highest BCUT2D eigenvalue weighted by Crippen LogP contribution is 2.12. The predicted molar refractivity (Wildman–Crippen MR) is 43.7 cm³/mol. The fourth-order valence-electron chi connectivity index (χ4n) is 0.678. The van der Waals surface area contributed by atoms with Gasteiger partial charge in [0.15, 0.2) is 5.79 Å². The predicted octanol–water partition coefficient (Wildman–Crippen LogP) is 0.842. The Hall–Kier alpha value is -0.610. The van der Waals surface area contributed by atoms with Gasteiger partial charge in [-0.25, -0.2) is 0 Å². The van der Waals surface area contributed by atoms with Gasteiger partial charge in [0.1, 0.15) is 0 Å². The van der Waals surface area contributed by atoms with E-state index in [0.29, 0.717) is 6.61 Å². The van der Waals surface area contributed by atoms with Crippen LogP contribution in [0.25, 0.3) is 0 Å². The molecule has 0 amide bonds. The van der Waals surface area contributed by atoms with Gasteiger partial charge in [-0.05, 0) is 12.8 Å². The third-order valence-electron chi connectivity index (χ3n) is 1.21. The molecule has 12 heavy (non-hydrogen) atoms. The molecule has 0 aliphatic heterocycles. The number of hydrogen-bond donors (Lipinski definition) is 2. The van der Waals surface area contributed by atoms with Gasteiger partial charge in [-0.15, -0.1) is 0 Å². The molecule has 0 fully saturated rings. The van der Waals surface area contributed by atoms with E-state index in [1.165, 1.54) is 6.92 Å². The molecule has 0 aliphatic carbocycles. The minimum absolute atomic E-state index is 0.283. The molecule has 0 saturated heterocycles. The maximum atomic E-state index is 10.2. The van der Waals surface area contributed by atoms with E-state index in [1.807, 2.05) is 13.8 Å². The molecule has 4 nitrogen and oxygen atoms in total. The highest BCUT2D eigenvalue weighted by atomic mass is 16.6. The largest absolute Gasteiger partial charge is 0.481 e. The summed E-state index contributed by atoms with van der Waals surface area (Å²) in [5.74, 6) is -2.33. The summed E-state index contributed by atoms with van der Waals surface area (Å²) in [6.07, 6.45) is -0.389. The van der Waals surface area contributed by atoms with Crippen LogP contribution in [0, 0.1) is 5.92 Å². The number of aliphatic hydroxyl groups is 1. The second-order valence-electron chi connectivity index (χ2n) is 3.45. The molecule has 0 rings (SSSR count). The standard InChI is InChI=1S/C8H16O4/c1-6(2)5-12-8(3,11)4-7(9)10/h6,11H,4-5H2,1-3H3,(H,9,10). The topological polar surface area (TPSA) is 66.8 Å². The third-order valence-corrected chi connectivity index (χ3v) is 1.21. The zero-order valence-corrected chi connectivity index (χ0v) is 7.70. The monoisotopic (exact) mass is 176 g/mol. The minimum atomic E-state index is -1.55. The van der Waals surface area contributed by atoms with Gasteiger partial charge in [0.25, 0.3) is 0 Å². The van der Waals surface area contributed by atoms with Crippen LogP contribution >= 0.6 is 0 Å². The van der Waals surface area contributed by atoms with Crippen LogP contribution in [0.2, 0.25) is 0 Å². The summed E-state index contributed by atoms with van der Waals surface area (Å²) in [7, 11) is 0. The summed E-state index contributed by atoms with van der Waals surface area (Å²) in [6.45, 7) is 5.57. The molecule has 0 aromatic carbocycles. The SMILES string of the molecule is CC(C)COC(C)(O)CC(=O)O. The number of aliphatic carboxylic acids is 1. The average molecular weight is 176 g/mol. The van der Waals surface area contributed by atoms with Crippen LogP contribution in [-0.4, -0.2) is 28.6 Å². The third kappa shape index (κ3) is 6.12. The molecule has 0 spiro atoms. The first kappa shape index (κ1) is 11.4. The highest BCUT2D eigenvalue weighted by Gasteiger charge is 2.24. The molecule has 0 aromatic rings. The van der Waals surface area contributed by atoms with E-state index in [-0.39, 0.29) is 12.3 Å². The summed E-state index contributed by atoms with van der Waals surface area (Å²) in [4.78, 5) is 10.2. The van der Waals surface area contributed by atoms with E-state index >= 15 is 0 Å². The summed E-state index contributed by atoms with van der Waals surface area (Å²) in [6, 6.07) is 0. The maximum Gasteiger partial charge on any atom is 0.308 e. The van der Waals surface area contributed by atoms with Crippen molar-refractivity contribution in [3.05, 3.63) is 0 Å². The first-order valence-corrected chi connectivity index (χ1v) is 3.91. The van der Waals surface area contributed by atoms with Crippen molar-refractivity contribution in [2.45, 2.75) is 33.0 Å². The van der Waals surface area contributed by atoms with Crippen LogP contribution in [0.5, 0.6) is 0 Å². The lowest BCUT2D eigenvalue weighted by Gasteiger charge is -2.22. The number of carboxylic acids is 1. The van der Waals surface area contributed by atoms with E-state index in [1.54, 1.807) is 0 Å². The maximum absolute atomic E-state index is 10.2. The fourth-order valence-corrected chi connectivity index (χ4v) is 0.678. The van der Waals surface area contributed by atoms with Gasteiger partial charge < -0.3 is 14.9 Å². The Morgan fingerprint density at radius 2 is 2.08 bits per heavy atom. The molecule has 0 bridgehead atoms. The first-order chi connectivity index (χ1) is 5.33. The molecule has 0 saturated carbocycles. The summed E-state index contributed by atoms with van der Waals surface area (Å²) in [5, 5.41) is 17.7. The van der Waals surface area contributed by atoms with Crippen molar-refractivity contribution < 1.29 is 19.7 Å². The summed E-state index contributed by atoms with van der Waals surface area (Å²) >= 11 is 0. The Bertz CT molecular complexity index is 151. The number of hydrogen-bond acceptors (Lipinski definition) is 3. The smallest absolute Gasteiger partial charge is 0.308 e. The van der Waals surface area contributed by atoms with Crippen LogP contribution in [0.4, 0.5) is 0 Å². The number of rotatable bonds is 5. The summed E-state index contributed by atoms with van der Waals surface area (Å²) < 4.78 is 4.98. The second kappa shape index (κ2) is 4.42. The number of carbonyl (C=O) groups is 1. The lowest BCUT2D eigenvalue weighted by molar-refractivity contribution is -0.205. The molecule has 0 radical (unpaired) electrons. The Morgan fingerprint density at radius 3 is 2.42 bits per heavy atom. The lowest BCUT2D eigenvalue weighted by atomic mass is 10.2. The van der Waals surface area contributed by atoms with Crippen LogP contribution < -0.4 is 0 Å². The van der Waals surface area contributed by atoms with Gasteiger partial charge in [-0.1, -0.05) is 13.8 Å². The Morgan fingerprint density at radius 1 is 1.58 bits per heavy atom. The van der Waals surface area contributed by atoms with Crippen molar-refractivity contribution in [3.8, 4) is 0 Å². The Labute approximate surface area is 72.2 Å². The van der Waals surface area contributed by atoms with Gasteiger partial charge in [-0.3, -0.25) is 4.79 Å². The second-order valence-corrected chi connectivity index (χ2v) is 3.45. The molecule has 72 valence electrons. The zero-order valence-electron chi connectivity index (χ0n) is 7.70. The Balaban J connectivity index is 3.78. The van der Waals surface area contributed by atoms with E-state index in [9.17, 15) is 9.90 Å². The van der Waals surface area contributed by atoms with Gasteiger partial charge in [-0.2, -0.15) is 0 Å². The first-order valence-electron chi connectivity index (χ1n) is 3.91. The molecular weight excluding hydrogens is 160 g/mol. The summed E-state index contributed by atoms with van der Waals surface area (Å²) in [5.41, 5.74) is 0. The van der Waals surface area contributed by atoms with Gasteiger partial charge in [0.2, 0.25) is 0 Å². The molecule has 0 heterocycles.